The van der Waals surface area contributed by atoms with Gasteiger partial charge in [0.25, 0.3) is 0 Å². The largest absolute Gasteiger partial charge is 0.355 e. The summed E-state index contributed by atoms with van der Waals surface area (Å²) in [6.45, 7) is 5.15. The lowest BCUT2D eigenvalue weighted by Crippen LogP contribution is -2.32. The highest BCUT2D eigenvalue weighted by Crippen LogP contribution is 2.36. The number of para-hydroxylation sites is 2. The third-order valence-electron chi connectivity index (χ3n) is 5.56. The molecular weight excluding hydrogens is 396 g/mol. The zero-order valence-electron chi connectivity index (χ0n) is 17.2. The number of hydrogen-bond acceptors (Lipinski definition) is 6. The van der Waals surface area contributed by atoms with Crippen LogP contribution in [0.3, 0.4) is 0 Å². The average molecular weight is 421 g/mol. The molecule has 1 aliphatic rings. The lowest BCUT2D eigenvalue weighted by atomic mass is 10.1. The third-order valence-corrected chi connectivity index (χ3v) is 7.56. The summed E-state index contributed by atoms with van der Waals surface area (Å²) < 4.78 is 27.2. The van der Waals surface area contributed by atoms with E-state index in [-0.39, 0.29) is 10.6 Å². The maximum atomic E-state index is 13.6. The molecule has 0 N–H and O–H groups in total. The summed E-state index contributed by atoms with van der Waals surface area (Å²) in [7, 11) is -3.98. The molecule has 1 aromatic heterocycles. The van der Waals surface area contributed by atoms with E-state index in [1.165, 1.54) is 0 Å². The summed E-state index contributed by atoms with van der Waals surface area (Å²) in [5.74, 6) is 0.508. The van der Waals surface area contributed by atoms with Crippen LogP contribution in [0.2, 0.25) is 0 Å². The van der Waals surface area contributed by atoms with Crippen LogP contribution in [0.1, 0.15) is 41.3 Å². The monoisotopic (exact) mass is 420 g/mol. The molecule has 1 fully saturated rings. The number of piperidine rings is 1. The lowest BCUT2D eigenvalue weighted by Gasteiger charge is -2.30. The SMILES string of the molecule is Cc1ccc(C)c(S(=O)(=O)C(C#N)c2nc3ccccc3nc2N2CCCCC2)c1. The molecule has 0 bridgehead atoms. The Morgan fingerprint density at radius 1 is 1.00 bits per heavy atom. The van der Waals surface area contributed by atoms with Crippen molar-refractivity contribution in [2.24, 2.45) is 0 Å². The van der Waals surface area contributed by atoms with E-state index in [0.717, 1.165) is 37.9 Å². The molecule has 1 atom stereocenters. The van der Waals surface area contributed by atoms with Gasteiger partial charge in [0.05, 0.1) is 22.0 Å². The van der Waals surface area contributed by atoms with Crippen LogP contribution in [0, 0.1) is 25.2 Å². The van der Waals surface area contributed by atoms with Crippen molar-refractivity contribution in [2.45, 2.75) is 43.3 Å². The molecule has 1 saturated heterocycles. The highest BCUT2D eigenvalue weighted by Gasteiger charge is 2.36. The second kappa shape index (κ2) is 8.04. The molecule has 2 aromatic carbocycles. The van der Waals surface area contributed by atoms with Crippen LogP contribution in [0.15, 0.2) is 47.4 Å². The maximum absolute atomic E-state index is 13.6. The van der Waals surface area contributed by atoms with Gasteiger partial charge in [0.2, 0.25) is 9.84 Å². The highest BCUT2D eigenvalue weighted by atomic mass is 32.2. The minimum atomic E-state index is -3.98. The van der Waals surface area contributed by atoms with Crippen molar-refractivity contribution in [2.75, 3.05) is 18.0 Å². The van der Waals surface area contributed by atoms with E-state index in [1.807, 2.05) is 37.3 Å². The van der Waals surface area contributed by atoms with Crippen LogP contribution in [0.5, 0.6) is 0 Å². The van der Waals surface area contributed by atoms with E-state index < -0.39 is 15.1 Å². The zero-order chi connectivity index (χ0) is 21.3. The number of sulfone groups is 1. The lowest BCUT2D eigenvalue weighted by molar-refractivity contribution is 0.569. The fourth-order valence-electron chi connectivity index (χ4n) is 3.94. The molecule has 7 heteroatoms. The molecule has 2 heterocycles. The Bertz CT molecular complexity index is 1240. The number of nitrogens with zero attached hydrogens (tertiary/aromatic N) is 4. The Balaban J connectivity index is 1.93. The fraction of sp³-hybridized carbons (Fsp3) is 0.348. The van der Waals surface area contributed by atoms with Gasteiger partial charge in [-0.25, -0.2) is 18.4 Å². The van der Waals surface area contributed by atoms with E-state index in [1.54, 1.807) is 25.1 Å². The molecule has 0 amide bonds. The molecule has 1 unspecified atom stereocenters. The zero-order valence-corrected chi connectivity index (χ0v) is 18.0. The van der Waals surface area contributed by atoms with E-state index >= 15 is 0 Å². The predicted molar refractivity (Wildman–Crippen MR) is 117 cm³/mol. The summed E-state index contributed by atoms with van der Waals surface area (Å²) in [5.41, 5.74) is 2.96. The molecule has 1 aliphatic heterocycles. The first-order chi connectivity index (χ1) is 14.4. The Morgan fingerprint density at radius 2 is 1.67 bits per heavy atom. The van der Waals surface area contributed by atoms with Crippen molar-refractivity contribution < 1.29 is 8.42 Å². The summed E-state index contributed by atoms with van der Waals surface area (Å²) in [6.07, 6.45) is 3.15. The van der Waals surface area contributed by atoms with Crippen LogP contribution in [0.4, 0.5) is 5.82 Å². The molecule has 6 nitrogen and oxygen atoms in total. The van der Waals surface area contributed by atoms with Gasteiger partial charge in [0, 0.05) is 13.1 Å². The van der Waals surface area contributed by atoms with Gasteiger partial charge in [0.15, 0.2) is 11.1 Å². The van der Waals surface area contributed by atoms with Gasteiger partial charge in [0.1, 0.15) is 5.69 Å². The minimum absolute atomic E-state index is 0.175. The molecular formula is C23H24N4O2S. The second-order valence-electron chi connectivity index (χ2n) is 7.79. The van der Waals surface area contributed by atoms with Crippen LogP contribution in [0.25, 0.3) is 11.0 Å². The molecule has 0 saturated carbocycles. The molecule has 154 valence electrons. The smallest absolute Gasteiger partial charge is 0.200 e. The van der Waals surface area contributed by atoms with Gasteiger partial charge in [-0.2, -0.15) is 5.26 Å². The summed E-state index contributed by atoms with van der Waals surface area (Å²) in [4.78, 5) is 11.7. The van der Waals surface area contributed by atoms with Gasteiger partial charge in [-0.1, -0.05) is 24.3 Å². The molecule has 0 radical (unpaired) electrons. The van der Waals surface area contributed by atoms with E-state index in [4.69, 9.17) is 4.98 Å². The third kappa shape index (κ3) is 3.63. The number of nitriles is 1. The number of benzene rings is 2. The topological polar surface area (TPSA) is 86.9 Å². The molecule has 3 aromatic rings. The molecule has 0 aliphatic carbocycles. The number of aromatic nitrogens is 2. The van der Waals surface area contributed by atoms with E-state index in [9.17, 15) is 13.7 Å². The number of hydrogen-bond donors (Lipinski definition) is 0. The standard InChI is InChI=1S/C23H24N4O2S/c1-16-10-11-17(2)20(14-16)30(28,29)21(15-24)22-23(27-12-6-3-7-13-27)26-19-9-5-4-8-18(19)25-22/h4-5,8-11,14,21H,3,6-7,12-13H2,1-2H3. The van der Waals surface area contributed by atoms with Crippen LogP contribution in [-0.2, 0) is 9.84 Å². The van der Waals surface area contributed by atoms with E-state index in [0.29, 0.717) is 22.4 Å². The average Bonchev–Trinajstić information content (AvgIpc) is 2.76. The first kappa shape index (κ1) is 20.3. The quantitative estimate of drug-likeness (QED) is 0.626. The van der Waals surface area contributed by atoms with Crippen molar-refractivity contribution in [1.29, 1.82) is 5.26 Å². The Labute approximate surface area is 177 Å². The van der Waals surface area contributed by atoms with Gasteiger partial charge >= 0.3 is 0 Å². The van der Waals surface area contributed by atoms with Crippen molar-refractivity contribution in [1.82, 2.24) is 9.97 Å². The Hall–Kier alpha value is -2.98. The van der Waals surface area contributed by atoms with Crippen molar-refractivity contribution in [3.05, 3.63) is 59.3 Å². The highest BCUT2D eigenvalue weighted by molar-refractivity contribution is 7.92. The first-order valence-corrected chi connectivity index (χ1v) is 11.7. The van der Waals surface area contributed by atoms with Gasteiger partial charge in [-0.05, 0) is 62.4 Å². The minimum Gasteiger partial charge on any atom is -0.355 e. The van der Waals surface area contributed by atoms with E-state index in [2.05, 4.69) is 9.88 Å². The van der Waals surface area contributed by atoms with Crippen molar-refractivity contribution in [3.8, 4) is 6.07 Å². The van der Waals surface area contributed by atoms with Gasteiger partial charge < -0.3 is 4.90 Å². The maximum Gasteiger partial charge on any atom is 0.200 e. The number of anilines is 1. The number of fused-ring (bicyclic) bond motifs is 1. The van der Waals surface area contributed by atoms with Gasteiger partial charge in [-0.15, -0.1) is 0 Å². The number of aryl methyl sites for hydroxylation is 2. The van der Waals surface area contributed by atoms with Crippen molar-refractivity contribution in [3.63, 3.8) is 0 Å². The van der Waals surface area contributed by atoms with Gasteiger partial charge in [-0.3, -0.25) is 0 Å². The summed E-state index contributed by atoms with van der Waals surface area (Å²) in [5, 5.41) is 8.59. The number of rotatable bonds is 4. The normalized spacial score (nSPS) is 15.7. The summed E-state index contributed by atoms with van der Waals surface area (Å²) >= 11 is 0. The van der Waals surface area contributed by atoms with Crippen LogP contribution < -0.4 is 4.90 Å². The Morgan fingerprint density at radius 3 is 2.33 bits per heavy atom. The molecule has 4 rings (SSSR count). The molecule has 0 spiro atoms. The second-order valence-corrected chi connectivity index (χ2v) is 9.79. The van der Waals surface area contributed by atoms with Crippen LogP contribution >= 0.6 is 0 Å². The predicted octanol–water partition coefficient (Wildman–Crippen LogP) is 4.28. The first-order valence-electron chi connectivity index (χ1n) is 10.1. The fourth-order valence-corrected chi connectivity index (χ4v) is 5.65. The summed E-state index contributed by atoms with van der Waals surface area (Å²) in [6, 6.07) is 14.7. The molecule has 30 heavy (non-hydrogen) atoms. The Kier molecular flexibility index (Phi) is 5.44. The van der Waals surface area contributed by atoms with Crippen molar-refractivity contribution >= 4 is 26.7 Å². The van der Waals surface area contributed by atoms with Crippen LogP contribution in [-0.4, -0.2) is 31.5 Å².